The normalized spacial score (nSPS) is 11.9. The SMILES string of the molecule is CCNC(=NCCCS(=O)(=O)c1ccccc1)NCCOCCC(C)C.I. The lowest BCUT2D eigenvalue weighted by molar-refractivity contribution is 0.128. The van der Waals surface area contributed by atoms with Crippen LogP contribution in [-0.4, -0.2) is 53.0 Å². The molecule has 2 N–H and O–H groups in total. The summed E-state index contributed by atoms with van der Waals surface area (Å²) in [6, 6.07) is 8.54. The lowest BCUT2D eigenvalue weighted by Crippen LogP contribution is -2.39. The van der Waals surface area contributed by atoms with E-state index in [1.807, 2.05) is 13.0 Å². The van der Waals surface area contributed by atoms with Crippen LogP contribution in [0.5, 0.6) is 0 Å². The Bertz CT molecular complexity index is 622. The van der Waals surface area contributed by atoms with Gasteiger partial charge in [-0.25, -0.2) is 8.42 Å². The summed E-state index contributed by atoms with van der Waals surface area (Å²) in [4.78, 5) is 4.80. The second-order valence-electron chi connectivity index (χ2n) is 6.47. The first-order chi connectivity index (χ1) is 12.5. The molecule has 0 aromatic heterocycles. The first-order valence-electron chi connectivity index (χ1n) is 9.33. The van der Waals surface area contributed by atoms with Crippen molar-refractivity contribution in [3.63, 3.8) is 0 Å². The zero-order chi connectivity index (χ0) is 19.3. The summed E-state index contributed by atoms with van der Waals surface area (Å²) < 4.78 is 30.0. The van der Waals surface area contributed by atoms with E-state index in [1.54, 1.807) is 24.3 Å². The Kier molecular flexibility index (Phi) is 14.6. The molecule has 156 valence electrons. The number of nitrogens with zero attached hydrogens (tertiary/aromatic N) is 1. The zero-order valence-electron chi connectivity index (χ0n) is 16.6. The molecule has 1 aromatic carbocycles. The molecule has 1 rings (SSSR count). The molecule has 0 bridgehead atoms. The first-order valence-corrected chi connectivity index (χ1v) is 11.0. The fourth-order valence-corrected chi connectivity index (χ4v) is 3.51. The van der Waals surface area contributed by atoms with Gasteiger partial charge in [-0.15, -0.1) is 24.0 Å². The molecule has 0 aliphatic rings. The number of rotatable bonds is 12. The van der Waals surface area contributed by atoms with Crippen LogP contribution in [0.25, 0.3) is 0 Å². The summed E-state index contributed by atoms with van der Waals surface area (Å²) in [5.74, 6) is 1.43. The number of benzene rings is 1. The largest absolute Gasteiger partial charge is 0.380 e. The van der Waals surface area contributed by atoms with Crippen molar-refractivity contribution in [1.29, 1.82) is 0 Å². The third kappa shape index (κ3) is 12.2. The van der Waals surface area contributed by atoms with Gasteiger partial charge in [0.15, 0.2) is 15.8 Å². The van der Waals surface area contributed by atoms with Crippen molar-refractivity contribution < 1.29 is 13.2 Å². The van der Waals surface area contributed by atoms with Crippen molar-refractivity contribution in [2.24, 2.45) is 10.9 Å². The van der Waals surface area contributed by atoms with Crippen LogP contribution in [-0.2, 0) is 14.6 Å². The summed E-state index contributed by atoms with van der Waals surface area (Å²) in [7, 11) is -3.23. The number of ether oxygens (including phenoxy) is 1. The standard InChI is InChI=1S/C19H33N3O3S.HI/c1-4-20-19(22-13-15-25-14-11-17(2)3)21-12-8-16-26(23,24)18-9-6-5-7-10-18;/h5-7,9-10,17H,4,8,11-16H2,1-3H3,(H2,20,21,22);1H. The van der Waals surface area contributed by atoms with Crippen LogP contribution in [0.4, 0.5) is 0 Å². The zero-order valence-corrected chi connectivity index (χ0v) is 19.8. The fraction of sp³-hybridized carbons (Fsp3) is 0.632. The summed E-state index contributed by atoms with van der Waals surface area (Å²) >= 11 is 0. The second-order valence-corrected chi connectivity index (χ2v) is 8.58. The van der Waals surface area contributed by atoms with Gasteiger partial charge in [0.05, 0.1) is 17.3 Å². The average molecular weight is 511 g/mol. The van der Waals surface area contributed by atoms with Crippen molar-refractivity contribution in [3.8, 4) is 0 Å². The van der Waals surface area contributed by atoms with Gasteiger partial charge in [0.1, 0.15) is 0 Å². The highest BCUT2D eigenvalue weighted by atomic mass is 127. The molecule has 0 fully saturated rings. The van der Waals surface area contributed by atoms with Gasteiger partial charge in [0, 0.05) is 26.2 Å². The number of aliphatic imine (C=N–C) groups is 1. The molecular formula is C19H34IN3O3S. The molecule has 1 aromatic rings. The van der Waals surface area contributed by atoms with Crippen LogP contribution in [0.15, 0.2) is 40.2 Å². The summed E-state index contributed by atoms with van der Waals surface area (Å²) in [5.41, 5.74) is 0. The van der Waals surface area contributed by atoms with Crippen molar-refractivity contribution in [2.75, 3.05) is 38.6 Å². The van der Waals surface area contributed by atoms with Gasteiger partial charge < -0.3 is 15.4 Å². The molecule has 0 aliphatic carbocycles. The smallest absolute Gasteiger partial charge is 0.191 e. The molecule has 0 heterocycles. The minimum absolute atomic E-state index is 0. The van der Waals surface area contributed by atoms with Crippen LogP contribution < -0.4 is 10.6 Å². The quantitative estimate of drug-likeness (QED) is 0.195. The lowest BCUT2D eigenvalue weighted by Gasteiger charge is -2.12. The van der Waals surface area contributed by atoms with E-state index in [9.17, 15) is 8.42 Å². The lowest BCUT2D eigenvalue weighted by atomic mass is 10.1. The minimum atomic E-state index is -3.23. The summed E-state index contributed by atoms with van der Waals surface area (Å²) in [5, 5.41) is 6.36. The van der Waals surface area contributed by atoms with Crippen LogP contribution in [0.1, 0.15) is 33.6 Å². The van der Waals surface area contributed by atoms with E-state index in [4.69, 9.17) is 4.74 Å². The minimum Gasteiger partial charge on any atom is -0.380 e. The van der Waals surface area contributed by atoms with E-state index in [0.717, 1.165) is 19.6 Å². The van der Waals surface area contributed by atoms with Gasteiger partial charge in [-0.2, -0.15) is 0 Å². The van der Waals surface area contributed by atoms with E-state index in [0.29, 0.717) is 42.9 Å². The fourth-order valence-electron chi connectivity index (χ4n) is 2.20. The summed E-state index contributed by atoms with van der Waals surface area (Å²) in [6.45, 7) is 9.62. The number of hydrogen-bond acceptors (Lipinski definition) is 4. The predicted octanol–water partition coefficient (Wildman–Crippen LogP) is 3.09. The molecule has 8 heteroatoms. The molecule has 27 heavy (non-hydrogen) atoms. The predicted molar refractivity (Wildman–Crippen MR) is 123 cm³/mol. The van der Waals surface area contributed by atoms with Crippen LogP contribution in [0.3, 0.4) is 0 Å². The van der Waals surface area contributed by atoms with Gasteiger partial charge in [-0.1, -0.05) is 32.0 Å². The van der Waals surface area contributed by atoms with Crippen LogP contribution in [0.2, 0.25) is 0 Å². The van der Waals surface area contributed by atoms with Gasteiger partial charge in [0.25, 0.3) is 0 Å². The van der Waals surface area contributed by atoms with Crippen LogP contribution >= 0.6 is 24.0 Å². The topological polar surface area (TPSA) is 79.8 Å². The maximum absolute atomic E-state index is 12.2. The number of nitrogens with one attached hydrogen (secondary N) is 2. The molecular weight excluding hydrogens is 477 g/mol. The molecule has 0 saturated carbocycles. The molecule has 0 spiro atoms. The van der Waals surface area contributed by atoms with Crippen LogP contribution in [0, 0.1) is 5.92 Å². The molecule has 0 radical (unpaired) electrons. The Morgan fingerprint density at radius 2 is 1.85 bits per heavy atom. The molecule has 0 atom stereocenters. The Morgan fingerprint density at radius 3 is 2.48 bits per heavy atom. The maximum Gasteiger partial charge on any atom is 0.191 e. The van der Waals surface area contributed by atoms with Gasteiger partial charge in [-0.3, -0.25) is 4.99 Å². The third-order valence-corrected chi connectivity index (χ3v) is 5.48. The monoisotopic (exact) mass is 511 g/mol. The molecule has 0 amide bonds. The molecule has 0 saturated heterocycles. The third-order valence-electron chi connectivity index (χ3n) is 3.67. The van der Waals surface area contributed by atoms with Crippen molar-refractivity contribution >= 4 is 39.8 Å². The Hall–Kier alpha value is -0.870. The Labute approximate surface area is 181 Å². The highest BCUT2D eigenvalue weighted by Gasteiger charge is 2.12. The number of sulfone groups is 1. The van der Waals surface area contributed by atoms with Gasteiger partial charge >= 0.3 is 0 Å². The van der Waals surface area contributed by atoms with E-state index in [2.05, 4.69) is 29.5 Å². The van der Waals surface area contributed by atoms with E-state index in [-0.39, 0.29) is 29.7 Å². The van der Waals surface area contributed by atoms with E-state index >= 15 is 0 Å². The molecule has 6 nitrogen and oxygen atoms in total. The van der Waals surface area contributed by atoms with E-state index in [1.165, 1.54) is 0 Å². The van der Waals surface area contributed by atoms with E-state index < -0.39 is 9.84 Å². The second kappa shape index (κ2) is 15.1. The number of halogens is 1. The van der Waals surface area contributed by atoms with Crippen molar-refractivity contribution in [1.82, 2.24) is 10.6 Å². The average Bonchev–Trinajstić information content (AvgIpc) is 2.62. The first kappa shape index (κ1) is 26.1. The van der Waals surface area contributed by atoms with Crippen molar-refractivity contribution in [2.45, 2.75) is 38.5 Å². The number of hydrogen-bond donors (Lipinski definition) is 2. The Balaban J connectivity index is 0.00000676. The number of guanidine groups is 1. The highest BCUT2D eigenvalue weighted by Crippen LogP contribution is 2.10. The molecule has 0 aliphatic heterocycles. The maximum atomic E-state index is 12.2. The van der Waals surface area contributed by atoms with Gasteiger partial charge in [0.2, 0.25) is 0 Å². The molecule has 0 unspecified atom stereocenters. The summed E-state index contributed by atoms with van der Waals surface area (Å²) in [6.07, 6.45) is 1.54. The van der Waals surface area contributed by atoms with Crippen molar-refractivity contribution in [3.05, 3.63) is 30.3 Å². The Morgan fingerprint density at radius 1 is 1.15 bits per heavy atom. The highest BCUT2D eigenvalue weighted by molar-refractivity contribution is 14.0. The van der Waals surface area contributed by atoms with Gasteiger partial charge in [-0.05, 0) is 37.8 Å².